The maximum atomic E-state index is 2.51. The van der Waals surface area contributed by atoms with Crippen LogP contribution in [0.3, 0.4) is 0 Å². The lowest BCUT2D eigenvalue weighted by atomic mass is 9.72. The fraction of sp³-hybridized carbons (Fsp3) is 0.143. The topological polar surface area (TPSA) is 0 Å². The van der Waals surface area contributed by atoms with Crippen molar-refractivity contribution in [3.63, 3.8) is 0 Å². The summed E-state index contributed by atoms with van der Waals surface area (Å²) in [6.45, 7) is 9.81. The van der Waals surface area contributed by atoms with Crippen LogP contribution in [0.2, 0.25) is 0 Å². The highest BCUT2D eigenvalue weighted by Gasteiger charge is 2.46. The zero-order valence-electron chi connectivity index (χ0n) is 24.4. The van der Waals surface area contributed by atoms with E-state index < -0.39 is 0 Å². The molecule has 42 heavy (non-hydrogen) atoms. The van der Waals surface area contributed by atoms with Gasteiger partial charge in [-0.15, -0.1) is 0 Å². The standard InChI is InChI=1S/C42H30/c1-41(2)33-19-15-27-20-25-8-5-6-9-26(25)21-32(27)38(33)31-18-17-30-37-29-16-14-24-11-7-10-23-12-13-28(36(29)35(23)24)22-34(37)42(3,4)40(30)39(31)41/h5-22H,1-4H3. The molecule has 10 rings (SSSR count). The van der Waals surface area contributed by atoms with E-state index in [0.29, 0.717) is 0 Å². The van der Waals surface area contributed by atoms with Crippen LogP contribution in [0.15, 0.2) is 109 Å². The van der Waals surface area contributed by atoms with Crippen molar-refractivity contribution < 1.29 is 0 Å². The highest BCUT2D eigenvalue weighted by molar-refractivity contribution is 6.26. The lowest BCUT2D eigenvalue weighted by molar-refractivity contribution is 0.602. The molecule has 0 unspecified atom stereocenters. The van der Waals surface area contributed by atoms with Crippen LogP contribution in [0.4, 0.5) is 0 Å². The van der Waals surface area contributed by atoms with Crippen molar-refractivity contribution >= 4 is 53.9 Å². The van der Waals surface area contributed by atoms with Gasteiger partial charge in [0.05, 0.1) is 0 Å². The highest BCUT2D eigenvalue weighted by Crippen LogP contribution is 2.61. The van der Waals surface area contributed by atoms with Crippen molar-refractivity contribution in [2.75, 3.05) is 0 Å². The summed E-state index contributed by atoms with van der Waals surface area (Å²) < 4.78 is 0. The van der Waals surface area contributed by atoms with Crippen molar-refractivity contribution in [3.8, 4) is 22.3 Å². The van der Waals surface area contributed by atoms with Crippen molar-refractivity contribution in [1.29, 1.82) is 0 Å². The van der Waals surface area contributed by atoms with Gasteiger partial charge in [-0.25, -0.2) is 0 Å². The average Bonchev–Trinajstić information content (AvgIpc) is 3.38. The Bertz CT molecular complexity index is 2490. The van der Waals surface area contributed by atoms with Crippen LogP contribution in [0.25, 0.3) is 76.1 Å². The molecule has 0 aromatic heterocycles. The normalized spacial score (nSPS) is 16.0. The molecule has 8 aromatic carbocycles. The van der Waals surface area contributed by atoms with Gasteiger partial charge in [-0.3, -0.25) is 0 Å². The lowest BCUT2D eigenvalue weighted by Crippen LogP contribution is -2.24. The van der Waals surface area contributed by atoms with E-state index in [0.717, 1.165) is 0 Å². The molecule has 0 heteroatoms. The first-order valence-corrected chi connectivity index (χ1v) is 15.2. The van der Waals surface area contributed by atoms with Gasteiger partial charge in [0.2, 0.25) is 0 Å². The molecule has 8 aromatic rings. The Morgan fingerprint density at radius 3 is 1.69 bits per heavy atom. The van der Waals surface area contributed by atoms with E-state index in [9.17, 15) is 0 Å². The Kier molecular flexibility index (Phi) is 3.93. The Morgan fingerprint density at radius 1 is 0.381 bits per heavy atom. The molecule has 0 bridgehead atoms. The first kappa shape index (κ1) is 22.9. The van der Waals surface area contributed by atoms with E-state index in [4.69, 9.17) is 0 Å². The first-order chi connectivity index (χ1) is 20.3. The summed E-state index contributed by atoms with van der Waals surface area (Å²) in [5.41, 5.74) is 11.4. The molecule has 2 aliphatic rings. The fourth-order valence-electron chi connectivity index (χ4n) is 9.01. The number of benzene rings is 8. The van der Waals surface area contributed by atoms with Crippen molar-refractivity contribution in [2.45, 2.75) is 38.5 Å². The number of hydrogen-bond donors (Lipinski definition) is 0. The molecule has 0 fully saturated rings. The zero-order valence-corrected chi connectivity index (χ0v) is 24.4. The minimum atomic E-state index is -0.109. The first-order valence-electron chi connectivity index (χ1n) is 15.2. The molecule has 198 valence electrons. The molecule has 2 aliphatic carbocycles. The maximum absolute atomic E-state index is 2.51. The quantitative estimate of drug-likeness (QED) is 0.134. The summed E-state index contributed by atoms with van der Waals surface area (Å²) >= 11 is 0. The van der Waals surface area contributed by atoms with Gasteiger partial charge in [0.1, 0.15) is 0 Å². The predicted octanol–water partition coefficient (Wildman–Crippen LogP) is 11.5. The van der Waals surface area contributed by atoms with Gasteiger partial charge in [-0.05, 0) is 117 Å². The van der Waals surface area contributed by atoms with Crippen LogP contribution in [-0.4, -0.2) is 0 Å². The van der Waals surface area contributed by atoms with E-state index in [2.05, 4.69) is 137 Å². The van der Waals surface area contributed by atoms with Gasteiger partial charge < -0.3 is 0 Å². The van der Waals surface area contributed by atoms with Crippen molar-refractivity contribution in [3.05, 3.63) is 131 Å². The van der Waals surface area contributed by atoms with E-state index in [1.807, 2.05) is 0 Å². The average molecular weight is 535 g/mol. The molecule has 0 nitrogen and oxygen atoms in total. The molecule has 0 atom stereocenters. The van der Waals surface area contributed by atoms with E-state index in [1.54, 1.807) is 0 Å². The second-order valence-corrected chi connectivity index (χ2v) is 13.7. The molecule has 0 spiro atoms. The van der Waals surface area contributed by atoms with Gasteiger partial charge in [-0.2, -0.15) is 0 Å². The largest absolute Gasteiger partial charge is 0.0616 e. The second-order valence-electron chi connectivity index (χ2n) is 13.7. The van der Waals surface area contributed by atoms with E-state index >= 15 is 0 Å². The van der Waals surface area contributed by atoms with Crippen LogP contribution in [0.5, 0.6) is 0 Å². The van der Waals surface area contributed by atoms with Gasteiger partial charge in [0.15, 0.2) is 0 Å². The van der Waals surface area contributed by atoms with Crippen LogP contribution < -0.4 is 0 Å². The van der Waals surface area contributed by atoms with Gasteiger partial charge in [0, 0.05) is 10.8 Å². The number of hydrogen-bond acceptors (Lipinski definition) is 0. The number of fused-ring (bicyclic) bond motifs is 11. The van der Waals surface area contributed by atoms with Crippen LogP contribution in [0.1, 0.15) is 49.9 Å². The highest BCUT2D eigenvalue weighted by atomic mass is 14.5. The molecule has 0 N–H and O–H groups in total. The summed E-state index contributed by atoms with van der Waals surface area (Å²) in [5, 5.41) is 13.5. The summed E-state index contributed by atoms with van der Waals surface area (Å²) in [6, 6.07) is 41.8. The Labute approximate surface area is 245 Å². The minimum Gasteiger partial charge on any atom is -0.0616 e. The molecule has 0 aliphatic heterocycles. The summed E-state index contributed by atoms with van der Waals surface area (Å²) in [5.74, 6) is 0. The Balaban J connectivity index is 1.33. The molecule has 0 saturated heterocycles. The van der Waals surface area contributed by atoms with E-state index in [1.165, 1.54) is 98.4 Å². The molecule has 0 heterocycles. The van der Waals surface area contributed by atoms with Crippen LogP contribution >= 0.6 is 0 Å². The summed E-state index contributed by atoms with van der Waals surface area (Å²) in [6.07, 6.45) is 0. The Morgan fingerprint density at radius 2 is 0.952 bits per heavy atom. The SMILES string of the molecule is CC1(C)c2ccc3cc4ccccc4cc3c2-c2ccc3c(c21)C(C)(C)c1cc2ccc4cccc5ccc(c1-3)c2c45. The molecule has 0 amide bonds. The van der Waals surface area contributed by atoms with Crippen molar-refractivity contribution in [2.24, 2.45) is 0 Å². The van der Waals surface area contributed by atoms with Gasteiger partial charge >= 0.3 is 0 Å². The smallest absolute Gasteiger partial charge is 0.0162 e. The Hall–Kier alpha value is -4.68. The fourth-order valence-corrected chi connectivity index (χ4v) is 9.01. The lowest BCUT2D eigenvalue weighted by Gasteiger charge is -2.30. The predicted molar refractivity (Wildman–Crippen MR) is 180 cm³/mol. The van der Waals surface area contributed by atoms with Gasteiger partial charge in [-0.1, -0.05) is 119 Å². The number of rotatable bonds is 0. The molecular weight excluding hydrogens is 504 g/mol. The second kappa shape index (κ2) is 7.20. The molecular formula is C42H30. The summed E-state index contributed by atoms with van der Waals surface area (Å²) in [4.78, 5) is 0. The summed E-state index contributed by atoms with van der Waals surface area (Å²) in [7, 11) is 0. The third-order valence-corrected chi connectivity index (χ3v) is 10.9. The maximum Gasteiger partial charge on any atom is 0.0162 e. The third-order valence-electron chi connectivity index (χ3n) is 10.9. The molecule has 0 saturated carbocycles. The monoisotopic (exact) mass is 534 g/mol. The van der Waals surface area contributed by atoms with Crippen LogP contribution in [0, 0.1) is 0 Å². The van der Waals surface area contributed by atoms with Gasteiger partial charge in [0.25, 0.3) is 0 Å². The molecule has 0 radical (unpaired) electrons. The van der Waals surface area contributed by atoms with Crippen LogP contribution in [-0.2, 0) is 10.8 Å². The van der Waals surface area contributed by atoms with E-state index in [-0.39, 0.29) is 10.8 Å². The minimum absolute atomic E-state index is 0.0957. The third kappa shape index (κ3) is 2.53. The zero-order chi connectivity index (χ0) is 28.1. The van der Waals surface area contributed by atoms with Crippen molar-refractivity contribution in [1.82, 2.24) is 0 Å².